The minimum Gasteiger partial charge on any atom is -0.323 e. The highest BCUT2D eigenvalue weighted by molar-refractivity contribution is 6.06. The second kappa shape index (κ2) is 5.03. The number of imide groups is 1. The largest absolute Gasteiger partial charge is 0.325 e. The molecule has 0 aliphatic carbocycles. The van der Waals surface area contributed by atoms with Gasteiger partial charge in [-0.15, -0.1) is 0 Å². The maximum absolute atomic E-state index is 12.3. The summed E-state index contributed by atoms with van der Waals surface area (Å²) < 4.78 is 1.71. The standard InChI is InChI=1S/C13H20N4O2/c1-10(2)9-13(3)11(18)17(12(19)15-13)8-7-16-6-4-5-14-16/h4-6,10H,7-9H2,1-3H3,(H,15,19)/t13-/m0/s1. The summed E-state index contributed by atoms with van der Waals surface area (Å²) in [5, 5.41) is 6.86. The SMILES string of the molecule is CC(C)C[C@]1(C)NC(=O)N(CCn2cccn2)C1=O. The molecule has 0 radical (unpaired) electrons. The molecular formula is C13H20N4O2. The third kappa shape index (κ3) is 2.77. The van der Waals surface area contributed by atoms with Gasteiger partial charge in [0.2, 0.25) is 0 Å². The Morgan fingerprint density at radius 3 is 2.68 bits per heavy atom. The minimum atomic E-state index is -0.768. The Morgan fingerprint density at radius 2 is 2.11 bits per heavy atom. The van der Waals surface area contributed by atoms with Crippen LogP contribution in [0, 0.1) is 5.92 Å². The van der Waals surface area contributed by atoms with Gasteiger partial charge in [-0.3, -0.25) is 14.4 Å². The maximum Gasteiger partial charge on any atom is 0.325 e. The fourth-order valence-corrected chi connectivity index (χ4v) is 2.54. The Morgan fingerprint density at radius 1 is 1.37 bits per heavy atom. The molecule has 1 N–H and O–H groups in total. The van der Waals surface area contributed by atoms with Crippen molar-refractivity contribution in [2.75, 3.05) is 6.54 Å². The number of urea groups is 1. The van der Waals surface area contributed by atoms with E-state index in [0.29, 0.717) is 25.4 Å². The fourth-order valence-electron chi connectivity index (χ4n) is 2.54. The molecule has 2 heterocycles. The molecule has 19 heavy (non-hydrogen) atoms. The van der Waals surface area contributed by atoms with Crippen LogP contribution < -0.4 is 5.32 Å². The summed E-state index contributed by atoms with van der Waals surface area (Å²) in [5.74, 6) is 0.207. The van der Waals surface area contributed by atoms with Crippen LogP contribution in [0.25, 0.3) is 0 Å². The summed E-state index contributed by atoms with van der Waals surface area (Å²) in [6, 6.07) is 1.51. The quantitative estimate of drug-likeness (QED) is 0.814. The third-order valence-electron chi connectivity index (χ3n) is 3.27. The number of nitrogens with one attached hydrogen (secondary N) is 1. The van der Waals surface area contributed by atoms with Gasteiger partial charge in [0.15, 0.2) is 0 Å². The van der Waals surface area contributed by atoms with E-state index in [1.165, 1.54) is 4.90 Å². The molecule has 6 heteroatoms. The Labute approximate surface area is 112 Å². The zero-order chi connectivity index (χ0) is 14.0. The van der Waals surface area contributed by atoms with Crippen LogP contribution in [-0.2, 0) is 11.3 Å². The first-order valence-corrected chi connectivity index (χ1v) is 6.54. The number of aromatic nitrogens is 2. The number of hydrogen-bond acceptors (Lipinski definition) is 3. The van der Waals surface area contributed by atoms with Crippen LogP contribution in [0.5, 0.6) is 0 Å². The van der Waals surface area contributed by atoms with Crippen LogP contribution >= 0.6 is 0 Å². The van der Waals surface area contributed by atoms with Crippen molar-refractivity contribution in [2.24, 2.45) is 5.92 Å². The summed E-state index contributed by atoms with van der Waals surface area (Å²) in [4.78, 5) is 25.5. The predicted molar refractivity (Wildman–Crippen MR) is 70.3 cm³/mol. The van der Waals surface area contributed by atoms with Gasteiger partial charge in [0.05, 0.1) is 13.1 Å². The molecule has 0 spiro atoms. The lowest BCUT2D eigenvalue weighted by Crippen LogP contribution is -2.45. The Hall–Kier alpha value is -1.85. The third-order valence-corrected chi connectivity index (χ3v) is 3.27. The Kier molecular flexibility index (Phi) is 3.59. The Bertz CT molecular complexity index is 469. The van der Waals surface area contributed by atoms with Gasteiger partial charge < -0.3 is 5.32 Å². The van der Waals surface area contributed by atoms with Gasteiger partial charge in [0.1, 0.15) is 5.54 Å². The molecule has 2 rings (SSSR count). The van der Waals surface area contributed by atoms with Crippen molar-refractivity contribution in [1.82, 2.24) is 20.0 Å². The van der Waals surface area contributed by atoms with Crippen LogP contribution in [0.2, 0.25) is 0 Å². The summed E-state index contributed by atoms with van der Waals surface area (Å²) >= 11 is 0. The number of nitrogens with zero attached hydrogens (tertiary/aromatic N) is 3. The normalized spacial score (nSPS) is 23.3. The number of carbonyl (C=O) groups is 2. The van der Waals surface area contributed by atoms with Crippen LogP contribution in [0.4, 0.5) is 4.79 Å². The molecule has 6 nitrogen and oxygen atoms in total. The van der Waals surface area contributed by atoms with Crippen molar-refractivity contribution in [3.63, 3.8) is 0 Å². The highest BCUT2D eigenvalue weighted by Crippen LogP contribution is 2.24. The van der Waals surface area contributed by atoms with Crippen molar-refractivity contribution in [3.8, 4) is 0 Å². The monoisotopic (exact) mass is 264 g/mol. The van der Waals surface area contributed by atoms with E-state index in [0.717, 1.165) is 0 Å². The molecule has 0 saturated carbocycles. The summed E-state index contributed by atoms with van der Waals surface area (Å²) in [6.07, 6.45) is 4.14. The van der Waals surface area contributed by atoms with E-state index in [-0.39, 0.29) is 11.9 Å². The van der Waals surface area contributed by atoms with Gasteiger partial charge in [-0.2, -0.15) is 5.10 Å². The highest BCUT2D eigenvalue weighted by atomic mass is 16.2. The van der Waals surface area contributed by atoms with Crippen molar-refractivity contribution < 1.29 is 9.59 Å². The first kappa shape index (κ1) is 13.6. The van der Waals surface area contributed by atoms with Crippen LogP contribution in [0.1, 0.15) is 27.2 Å². The number of amides is 3. The maximum atomic E-state index is 12.3. The van der Waals surface area contributed by atoms with Crippen LogP contribution in [0.3, 0.4) is 0 Å². The second-order valence-electron chi connectivity index (χ2n) is 5.59. The minimum absolute atomic E-state index is 0.140. The van der Waals surface area contributed by atoms with E-state index in [1.807, 2.05) is 26.1 Å². The lowest BCUT2D eigenvalue weighted by molar-refractivity contribution is -0.131. The summed E-state index contributed by atoms with van der Waals surface area (Å²) in [5.41, 5.74) is -0.768. The molecule has 3 amide bonds. The van der Waals surface area contributed by atoms with Crippen molar-refractivity contribution in [3.05, 3.63) is 18.5 Å². The number of carbonyl (C=O) groups excluding carboxylic acids is 2. The van der Waals surface area contributed by atoms with Crippen molar-refractivity contribution in [1.29, 1.82) is 0 Å². The van der Waals surface area contributed by atoms with Gasteiger partial charge in [-0.25, -0.2) is 4.79 Å². The van der Waals surface area contributed by atoms with E-state index in [2.05, 4.69) is 10.4 Å². The highest BCUT2D eigenvalue weighted by Gasteiger charge is 2.47. The first-order chi connectivity index (χ1) is 8.92. The molecule has 1 fully saturated rings. The molecule has 1 aromatic heterocycles. The first-order valence-electron chi connectivity index (χ1n) is 6.54. The average Bonchev–Trinajstić information content (AvgIpc) is 2.86. The van der Waals surface area contributed by atoms with Gasteiger partial charge in [0, 0.05) is 12.4 Å². The van der Waals surface area contributed by atoms with Gasteiger partial charge in [-0.05, 0) is 25.3 Å². The summed E-state index contributed by atoms with van der Waals surface area (Å²) in [6.45, 7) is 6.74. The number of hydrogen-bond donors (Lipinski definition) is 1. The van der Waals surface area contributed by atoms with Gasteiger partial charge in [0.25, 0.3) is 5.91 Å². The molecule has 1 aliphatic heterocycles. The van der Waals surface area contributed by atoms with Crippen LogP contribution in [0.15, 0.2) is 18.5 Å². The lowest BCUT2D eigenvalue weighted by atomic mass is 9.91. The fraction of sp³-hybridized carbons (Fsp3) is 0.615. The smallest absolute Gasteiger partial charge is 0.323 e. The van der Waals surface area contributed by atoms with Crippen molar-refractivity contribution in [2.45, 2.75) is 39.3 Å². The molecule has 0 aromatic carbocycles. The van der Waals surface area contributed by atoms with Gasteiger partial charge in [-0.1, -0.05) is 13.8 Å². The number of rotatable bonds is 5. The molecule has 1 aromatic rings. The lowest BCUT2D eigenvalue weighted by Gasteiger charge is -2.23. The summed E-state index contributed by atoms with van der Waals surface area (Å²) in [7, 11) is 0. The molecule has 1 atom stereocenters. The van der Waals surface area contributed by atoms with E-state index < -0.39 is 5.54 Å². The molecule has 1 saturated heterocycles. The zero-order valence-corrected chi connectivity index (χ0v) is 11.6. The van der Waals surface area contributed by atoms with Crippen LogP contribution in [-0.4, -0.2) is 38.7 Å². The Balaban J connectivity index is 2.02. The predicted octanol–water partition coefficient (Wildman–Crippen LogP) is 1.24. The molecule has 0 unspecified atom stereocenters. The van der Waals surface area contributed by atoms with E-state index >= 15 is 0 Å². The molecule has 0 bridgehead atoms. The van der Waals surface area contributed by atoms with E-state index in [9.17, 15) is 9.59 Å². The topological polar surface area (TPSA) is 67.2 Å². The zero-order valence-electron chi connectivity index (χ0n) is 11.6. The molecular weight excluding hydrogens is 244 g/mol. The molecule has 104 valence electrons. The van der Waals surface area contributed by atoms with E-state index in [1.54, 1.807) is 17.8 Å². The van der Waals surface area contributed by atoms with E-state index in [4.69, 9.17) is 0 Å². The average molecular weight is 264 g/mol. The second-order valence-corrected chi connectivity index (χ2v) is 5.59. The molecule has 1 aliphatic rings. The van der Waals surface area contributed by atoms with Crippen molar-refractivity contribution >= 4 is 11.9 Å². The van der Waals surface area contributed by atoms with Gasteiger partial charge >= 0.3 is 6.03 Å².